The van der Waals surface area contributed by atoms with Crippen LogP contribution in [0.25, 0.3) is 120 Å². The number of pyridine rings is 1. The molecular weight excluding hydrogens is 719 g/mol. The van der Waals surface area contributed by atoms with Gasteiger partial charge in [-0.1, -0.05) is 109 Å². The van der Waals surface area contributed by atoms with E-state index in [1.807, 2.05) is 12.5 Å². The number of furan rings is 1. The Balaban J connectivity index is 1.39. The van der Waals surface area contributed by atoms with E-state index in [2.05, 4.69) is 173 Å². The van der Waals surface area contributed by atoms with Gasteiger partial charge in [0.1, 0.15) is 5.76 Å². The fourth-order valence-corrected chi connectivity index (χ4v) is 9.76. The van der Waals surface area contributed by atoms with Gasteiger partial charge in [0.15, 0.2) is 0 Å². The third-order valence-electron chi connectivity index (χ3n) is 11.2. The molecule has 0 bridgehead atoms. The Kier molecular flexibility index (Phi) is 7.00. The van der Waals surface area contributed by atoms with Crippen LogP contribution in [0.1, 0.15) is 0 Å². The Morgan fingerprint density at radius 1 is 0.526 bits per heavy atom. The van der Waals surface area contributed by atoms with E-state index in [0.717, 1.165) is 110 Å². The molecule has 0 aliphatic rings. The maximum atomic E-state index is 6.82. The zero-order chi connectivity index (χ0) is 37.5. The van der Waals surface area contributed by atoms with Crippen molar-refractivity contribution in [1.29, 1.82) is 0 Å². The summed E-state index contributed by atoms with van der Waals surface area (Å²) in [5.74, 6) is 0.776. The summed E-state index contributed by atoms with van der Waals surface area (Å²) in [6.07, 6.45) is 5.88. The molecule has 0 radical (unpaired) electrons. The number of aromatic amines is 3. The molecule has 0 aliphatic carbocycles. The molecule has 6 aromatic heterocycles. The number of benzene rings is 6. The fraction of sp³-hybridized carbons (Fsp3) is 0. The quantitative estimate of drug-likeness (QED) is 0.158. The second-order valence-corrected chi connectivity index (χ2v) is 15.5. The van der Waals surface area contributed by atoms with Crippen molar-refractivity contribution in [1.82, 2.24) is 25.1 Å². The third-order valence-corrected chi connectivity index (χ3v) is 12.3. The Morgan fingerprint density at radius 3 is 2.11 bits per heavy atom. The van der Waals surface area contributed by atoms with Gasteiger partial charge in [-0.2, -0.15) is 5.10 Å². The molecule has 7 heteroatoms. The van der Waals surface area contributed by atoms with Crippen LogP contribution in [0.4, 0.5) is 0 Å². The van der Waals surface area contributed by atoms with Gasteiger partial charge < -0.3 is 14.4 Å². The molecule has 0 amide bonds. The van der Waals surface area contributed by atoms with E-state index in [1.165, 1.54) is 10.1 Å². The standard InChI is InChI=1S/C50H31N5OS/c1-6-16-34-32(14-1)27-51-49(34)47-43(38-22-21-29-11-3-8-18-36(29)53-38)46(42-26-31-13-5-10-20-41(31)57-42)48(50-35-17-7-2-15-33(35)28-56-50)44(39-23-24-52-55-39)45(47)40-25-30-12-4-9-19-37(30)54-40/h1-28,51,54H,(H,52,55). The van der Waals surface area contributed by atoms with Crippen LogP contribution in [-0.4, -0.2) is 25.1 Å². The highest BCUT2D eigenvalue weighted by Gasteiger charge is 2.34. The second-order valence-electron chi connectivity index (χ2n) is 14.4. The minimum Gasteiger partial charge on any atom is -0.463 e. The molecule has 0 saturated heterocycles. The summed E-state index contributed by atoms with van der Waals surface area (Å²) in [5.41, 5.74) is 11.6. The van der Waals surface area contributed by atoms with Gasteiger partial charge in [-0.05, 0) is 53.2 Å². The molecular formula is C50H31N5OS. The maximum absolute atomic E-state index is 6.82. The van der Waals surface area contributed by atoms with Crippen molar-refractivity contribution in [3.63, 3.8) is 0 Å². The monoisotopic (exact) mass is 749 g/mol. The first kappa shape index (κ1) is 31.8. The first-order chi connectivity index (χ1) is 28.3. The molecule has 0 saturated carbocycles. The minimum atomic E-state index is 0.776. The fourth-order valence-electron chi connectivity index (χ4n) is 8.64. The van der Waals surface area contributed by atoms with Gasteiger partial charge in [0, 0.05) is 93.5 Å². The van der Waals surface area contributed by atoms with E-state index in [-0.39, 0.29) is 0 Å². The lowest BCUT2D eigenvalue weighted by molar-refractivity contribution is 0.587. The summed E-state index contributed by atoms with van der Waals surface area (Å²) in [4.78, 5) is 14.3. The highest BCUT2D eigenvalue weighted by Crippen LogP contribution is 2.58. The Bertz CT molecular complexity index is 3420. The highest BCUT2D eigenvalue weighted by molar-refractivity contribution is 7.22. The lowest BCUT2D eigenvalue weighted by Gasteiger charge is -2.25. The van der Waals surface area contributed by atoms with Crippen molar-refractivity contribution < 1.29 is 4.42 Å². The number of rotatable bonds is 6. The molecule has 0 unspecified atom stereocenters. The molecule has 0 fully saturated rings. The van der Waals surface area contributed by atoms with Gasteiger partial charge in [0.2, 0.25) is 0 Å². The van der Waals surface area contributed by atoms with Crippen LogP contribution in [-0.2, 0) is 0 Å². The predicted octanol–water partition coefficient (Wildman–Crippen LogP) is 13.9. The molecule has 3 N–H and O–H groups in total. The molecule has 57 heavy (non-hydrogen) atoms. The number of nitrogens with zero attached hydrogens (tertiary/aromatic N) is 2. The summed E-state index contributed by atoms with van der Waals surface area (Å²) < 4.78 is 8.02. The SMILES string of the molecule is c1ccc2nc(-c3c(-c4cc5ccccc5s4)c(-c4occ5ccccc45)c(-c4cc[nH]n4)c(-c4cc5ccccc5[nH]4)c3-c3[nH]cc4ccccc34)ccc2c1. The molecule has 6 nitrogen and oxygen atoms in total. The van der Waals surface area contributed by atoms with Crippen LogP contribution in [0.5, 0.6) is 0 Å². The van der Waals surface area contributed by atoms with Crippen molar-refractivity contribution in [3.05, 3.63) is 170 Å². The molecule has 268 valence electrons. The molecule has 12 aromatic rings. The van der Waals surface area contributed by atoms with Crippen molar-refractivity contribution in [2.24, 2.45) is 0 Å². The van der Waals surface area contributed by atoms with E-state index in [1.54, 1.807) is 11.3 Å². The Labute approximate surface area is 330 Å². The molecule has 0 atom stereocenters. The summed E-state index contributed by atoms with van der Waals surface area (Å²) >= 11 is 1.78. The number of nitrogens with one attached hydrogen (secondary N) is 3. The molecule has 0 aliphatic heterocycles. The van der Waals surface area contributed by atoms with Gasteiger partial charge >= 0.3 is 0 Å². The van der Waals surface area contributed by atoms with Gasteiger partial charge in [0.25, 0.3) is 0 Å². The van der Waals surface area contributed by atoms with Gasteiger partial charge in [-0.3, -0.25) is 5.10 Å². The number of fused-ring (bicyclic) bond motifs is 5. The molecule has 12 rings (SSSR count). The van der Waals surface area contributed by atoms with Crippen molar-refractivity contribution in [3.8, 4) is 66.8 Å². The van der Waals surface area contributed by atoms with Crippen molar-refractivity contribution in [2.45, 2.75) is 0 Å². The number of H-pyrrole nitrogens is 3. The second kappa shape index (κ2) is 12.5. The van der Waals surface area contributed by atoms with Gasteiger partial charge in [0.05, 0.1) is 28.9 Å². The smallest absolute Gasteiger partial charge is 0.143 e. The molecule has 0 spiro atoms. The van der Waals surface area contributed by atoms with Crippen LogP contribution in [0, 0.1) is 0 Å². The predicted molar refractivity (Wildman–Crippen MR) is 235 cm³/mol. The van der Waals surface area contributed by atoms with Crippen molar-refractivity contribution >= 4 is 64.8 Å². The Hall–Kier alpha value is -7.48. The van der Waals surface area contributed by atoms with E-state index in [4.69, 9.17) is 14.5 Å². The third kappa shape index (κ3) is 4.96. The van der Waals surface area contributed by atoms with E-state index in [9.17, 15) is 0 Å². The average Bonchev–Trinajstić information content (AvgIpc) is 4.12. The Morgan fingerprint density at radius 2 is 1.26 bits per heavy atom. The number of hydrogen-bond acceptors (Lipinski definition) is 4. The average molecular weight is 750 g/mol. The van der Waals surface area contributed by atoms with Crippen LogP contribution >= 0.6 is 11.3 Å². The summed E-state index contributed by atoms with van der Waals surface area (Å²) in [5, 5.41) is 15.8. The topological polar surface area (TPSA) is 86.3 Å². The van der Waals surface area contributed by atoms with Gasteiger partial charge in [-0.15, -0.1) is 11.3 Å². The van der Waals surface area contributed by atoms with Crippen LogP contribution < -0.4 is 0 Å². The highest BCUT2D eigenvalue weighted by atomic mass is 32.1. The van der Waals surface area contributed by atoms with Gasteiger partial charge in [-0.25, -0.2) is 4.98 Å². The normalized spacial score (nSPS) is 11.9. The number of hydrogen-bond donors (Lipinski definition) is 3. The van der Waals surface area contributed by atoms with Crippen LogP contribution in [0.3, 0.4) is 0 Å². The van der Waals surface area contributed by atoms with Crippen LogP contribution in [0.2, 0.25) is 0 Å². The zero-order valence-electron chi connectivity index (χ0n) is 30.4. The van der Waals surface area contributed by atoms with E-state index in [0.29, 0.717) is 0 Å². The maximum Gasteiger partial charge on any atom is 0.143 e. The van der Waals surface area contributed by atoms with E-state index < -0.39 is 0 Å². The summed E-state index contributed by atoms with van der Waals surface area (Å²) in [6.45, 7) is 0. The van der Waals surface area contributed by atoms with Crippen molar-refractivity contribution in [2.75, 3.05) is 0 Å². The number of thiophene rings is 1. The lowest BCUT2D eigenvalue weighted by Crippen LogP contribution is -2.03. The first-order valence-corrected chi connectivity index (χ1v) is 19.8. The lowest BCUT2D eigenvalue weighted by atomic mass is 9.79. The number of aromatic nitrogens is 5. The largest absolute Gasteiger partial charge is 0.463 e. The van der Waals surface area contributed by atoms with E-state index >= 15 is 0 Å². The summed E-state index contributed by atoms with van der Waals surface area (Å²) in [6, 6.07) is 53.4. The first-order valence-electron chi connectivity index (χ1n) is 19.0. The van der Waals surface area contributed by atoms with Crippen LogP contribution in [0.15, 0.2) is 175 Å². The minimum absolute atomic E-state index is 0.776. The zero-order valence-corrected chi connectivity index (χ0v) is 31.2. The summed E-state index contributed by atoms with van der Waals surface area (Å²) in [7, 11) is 0. The number of para-hydroxylation sites is 2. The molecule has 6 heterocycles. The molecule has 6 aromatic carbocycles.